The average molecular weight is 342 g/mol. The molecule has 1 heterocycles. The van der Waals surface area contributed by atoms with Gasteiger partial charge in [-0.1, -0.05) is 18.2 Å². The number of carbonyl (C=O) groups is 1. The minimum absolute atomic E-state index is 0.0662. The number of carbonyl (C=O) groups excluding carboxylic acids is 1. The van der Waals surface area contributed by atoms with Crippen LogP contribution < -0.4 is 5.32 Å². The number of hydrogen-bond donors (Lipinski definition) is 1. The van der Waals surface area contributed by atoms with Crippen LogP contribution in [0.2, 0.25) is 0 Å². The van der Waals surface area contributed by atoms with Crippen molar-refractivity contribution in [1.29, 1.82) is 0 Å². The van der Waals surface area contributed by atoms with Gasteiger partial charge in [0.05, 0.1) is 0 Å². The van der Waals surface area contributed by atoms with Crippen molar-refractivity contribution in [2.45, 2.75) is 38.5 Å². The van der Waals surface area contributed by atoms with Gasteiger partial charge < -0.3 is 10.2 Å². The van der Waals surface area contributed by atoms with Crippen molar-refractivity contribution < 1.29 is 9.18 Å². The molecule has 1 aromatic rings. The fourth-order valence-electron chi connectivity index (χ4n) is 4.63. The highest BCUT2D eigenvalue weighted by atomic mass is 19.1. The molecule has 1 saturated carbocycles. The molecule has 1 spiro atoms. The van der Waals surface area contributed by atoms with Crippen molar-refractivity contribution in [2.24, 2.45) is 17.3 Å². The summed E-state index contributed by atoms with van der Waals surface area (Å²) in [6.07, 6.45) is 11.6. The smallest absolute Gasteiger partial charge is 0.228 e. The summed E-state index contributed by atoms with van der Waals surface area (Å²) >= 11 is 0. The number of allylic oxidation sites excluding steroid dienone is 2. The second-order valence-electron chi connectivity index (χ2n) is 8.07. The van der Waals surface area contributed by atoms with E-state index in [0.29, 0.717) is 5.69 Å². The highest BCUT2D eigenvalue weighted by Gasteiger charge is 2.58. The lowest BCUT2D eigenvalue weighted by molar-refractivity contribution is -0.118. The topological polar surface area (TPSA) is 32.3 Å². The van der Waals surface area contributed by atoms with Gasteiger partial charge in [0, 0.05) is 18.2 Å². The zero-order valence-corrected chi connectivity index (χ0v) is 14.7. The van der Waals surface area contributed by atoms with E-state index in [1.807, 2.05) is 0 Å². The molecule has 25 heavy (non-hydrogen) atoms. The maximum atomic E-state index is 13.3. The van der Waals surface area contributed by atoms with E-state index < -0.39 is 0 Å². The zero-order valence-electron chi connectivity index (χ0n) is 14.7. The molecule has 0 radical (unpaired) electrons. The van der Waals surface area contributed by atoms with Gasteiger partial charge in [0.2, 0.25) is 5.91 Å². The van der Waals surface area contributed by atoms with Crippen LogP contribution in [0.1, 0.15) is 38.5 Å². The summed E-state index contributed by atoms with van der Waals surface area (Å²) in [5, 5.41) is 2.89. The van der Waals surface area contributed by atoms with Crippen molar-refractivity contribution in [3.8, 4) is 0 Å². The Morgan fingerprint density at radius 3 is 2.84 bits per heavy atom. The summed E-state index contributed by atoms with van der Waals surface area (Å²) in [6, 6.07) is 6.16. The number of benzene rings is 1. The molecule has 0 aromatic heterocycles. The number of hydrogen-bond acceptors (Lipinski definition) is 2. The Balaban J connectivity index is 1.26. The number of likely N-dealkylation sites (tertiary alicyclic amines) is 1. The van der Waals surface area contributed by atoms with Gasteiger partial charge in [0.15, 0.2) is 0 Å². The van der Waals surface area contributed by atoms with E-state index >= 15 is 0 Å². The third-order valence-corrected chi connectivity index (χ3v) is 6.34. The van der Waals surface area contributed by atoms with Gasteiger partial charge >= 0.3 is 0 Å². The Bertz CT molecular complexity index is 664. The molecule has 1 amide bonds. The quantitative estimate of drug-likeness (QED) is 0.831. The van der Waals surface area contributed by atoms with E-state index in [2.05, 4.69) is 22.4 Å². The minimum Gasteiger partial charge on any atom is -0.326 e. The summed E-state index contributed by atoms with van der Waals surface area (Å²) in [5.41, 5.74) is 0.773. The van der Waals surface area contributed by atoms with Crippen LogP contribution in [0, 0.1) is 23.1 Å². The van der Waals surface area contributed by atoms with E-state index in [9.17, 15) is 9.18 Å². The monoisotopic (exact) mass is 342 g/mol. The number of anilines is 1. The molecule has 1 aliphatic heterocycles. The van der Waals surface area contributed by atoms with Crippen LogP contribution in [0.15, 0.2) is 36.4 Å². The van der Waals surface area contributed by atoms with Gasteiger partial charge in [-0.15, -0.1) is 0 Å². The summed E-state index contributed by atoms with van der Waals surface area (Å²) < 4.78 is 13.3. The van der Waals surface area contributed by atoms with Crippen molar-refractivity contribution in [1.82, 2.24) is 4.90 Å². The van der Waals surface area contributed by atoms with Crippen molar-refractivity contribution in [3.05, 3.63) is 42.2 Å². The van der Waals surface area contributed by atoms with Crippen molar-refractivity contribution >= 4 is 11.6 Å². The standard InChI is InChI=1S/C21H27FN2O/c22-17-7-4-8-18(13-17)23-20(25)19-14-21(19)9-11-24(12-10-21)15-16-5-2-1-3-6-16/h1-2,4,7-8,13,16,19H,3,5-6,9-12,14-15H2,(H,23,25)/t16-,19-/m0/s1. The van der Waals surface area contributed by atoms with Crippen molar-refractivity contribution in [3.63, 3.8) is 0 Å². The van der Waals surface area contributed by atoms with Gasteiger partial charge in [-0.3, -0.25) is 4.79 Å². The number of piperidine rings is 1. The van der Waals surface area contributed by atoms with E-state index in [1.165, 1.54) is 37.9 Å². The molecule has 1 saturated heterocycles. The number of halogens is 1. The summed E-state index contributed by atoms with van der Waals surface area (Å²) in [7, 11) is 0. The third kappa shape index (κ3) is 3.79. The van der Waals surface area contributed by atoms with Crippen LogP contribution in [0.5, 0.6) is 0 Å². The van der Waals surface area contributed by atoms with E-state index in [-0.39, 0.29) is 23.1 Å². The summed E-state index contributed by atoms with van der Waals surface area (Å²) in [4.78, 5) is 15.1. The lowest BCUT2D eigenvalue weighted by atomic mass is 9.88. The molecule has 2 fully saturated rings. The first-order valence-electron chi connectivity index (χ1n) is 9.58. The summed E-state index contributed by atoms with van der Waals surface area (Å²) in [6.45, 7) is 3.44. The molecule has 134 valence electrons. The molecule has 4 rings (SSSR count). The van der Waals surface area contributed by atoms with Gasteiger partial charge in [-0.25, -0.2) is 4.39 Å². The molecule has 3 aliphatic rings. The number of nitrogens with zero attached hydrogens (tertiary/aromatic N) is 1. The molecular formula is C21H27FN2O. The molecular weight excluding hydrogens is 315 g/mol. The van der Waals surface area contributed by atoms with Crippen LogP contribution in [-0.4, -0.2) is 30.4 Å². The van der Waals surface area contributed by atoms with Gasteiger partial charge in [0.1, 0.15) is 5.82 Å². The fraction of sp³-hybridized carbons (Fsp3) is 0.571. The average Bonchev–Trinajstić information content (AvgIpc) is 3.32. The van der Waals surface area contributed by atoms with Crippen LogP contribution in [0.25, 0.3) is 0 Å². The Labute approximate surface area is 149 Å². The van der Waals surface area contributed by atoms with Crippen LogP contribution in [0.3, 0.4) is 0 Å². The van der Waals surface area contributed by atoms with Gasteiger partial charge in [-0.2, -0.15) is 0 Å². The Morgan fingerprint density at radius 1 is 1.28 bits per heavy atom. The lowest BCUT2D eigenvalue weighted by Crippen LogP contribution is -2.39. The molecule has 1 aromatic carbocycles. The van der Waals surface area contributed by atoms with Crippen LogP contribution >= 0.6 is 0 Å². The van der Waals surface area contributed by atoms with E-state index in [0.717, 1.165) is 38.3 Å². The molecule has 0 unspecified atom stereocenters. The molecule has 1 N–H and O–H groups in total. The number of rotatable bonds is 4. The second-order valence-corrected chi connectivity index (χ2v) is 8.07. The predicted molar refractivity (Wildman–Crippen MR) is 97.7 cm³/mol. The normalized spacial score (nSPS) is 28.0. The highest BCUT2D eigenvalue weighted by molar-refractivity contribution is 5.95. The zero-order chi connectivity index (χ0) is 17.3. The van der Waals surface area contributed by atoms with Gasteiger partial charge in [0.25, 0.3) is 0 Å². The third-order valence-electron chi connectivity index (χ3n) is 6.34. The predicted octanol–water partition coefficient (Wildman–Crippen LogP) is 4.22. The first-order chi connectivity index (χ1) is 12.1. The minimum atomic E-state index is -0.311. The Hall–Kier alpha value is -1.68. The van der Waals surface area contributed by atoms with E-state index in [1.54, 1.807) is 12.1 Å². The SMILES string of the molecule is O=C(Nc1cccc(F)c1)[C@@H]1CC12CCN(C[C@H]1CC=CCC1)CC2. The van der Waals surface area contributed by atoms with Crippen LogP contribution in [0.4, 0.5) is 10.1 Å². The Kier molecular flexibility index (Phi) is 4.63. The van der Waals surface area contributed by atoms with Crippen LogP contribution in [-0.2, 0) is 4.79 Å². The highest BCUT2D eigenvalue weighted by Crippen LogP contribution is 2.59. The summed E-state index contributed by atoms with van der Waals surface area (Å²) in [5.74, 6) is 0.673. The number of amides is 1. The maximum Gasteiger partial charge on any atom is 0.228 e. The lowest BCUT2D eigenvalue weighted by Gasteiger charge is -2.35. The molecule has 2 atom stereocenters. The van der Waals surface area contributed by atoms with Crippen molar-refractivity contribution in [2.75, 3.05) is 25.0 Å². The molecule has 0 bridgehead atoms. The fourth-order valence-corrected chi connectivity index (χ4v) is 4.63. The molecule has 2 aliphatic carbocycles. The second kappa shape index (κ2) is 6.91. The molecule has 4 heteroatoms. The van der Waals surface area contributed by atoms with Gasteiger partial charge in [-0.05, 0) is 81.1 Å². The maximum absolute atomic E-state index is 13.3. The first kappa shape index (κ1) is 16.8. The largest absolute Gasteiger partial charge is 0.326 e. The molecule has 3 nitrogen and oxygen atoms in total. The van der Waals surface area contributed by atoms with E-state index in [4.69, 9.17) is 0 Å². The number of nitrogens with one attached hydrogen (secondary N) is 1. The Morgan fingerprint density at radius 2 is 2.12 bits per heavy atom. The first-order valence-corrected chi connectivity index (χ1v) is 9.58.